The van der Waals surface area contributed by atoms with Crippen LogP contribution in [0.5, 0.6) is 5.75 Å². The van der Waals surface area contributed by atoms with Crippen LogP contribution in [-0.2, 0) is 15.3 Å². The van der Waals surface area contributed by atoms with Crippen molar-refractivity contribution in [1.82, 2.24) is 4.98 Å². The fourth-order valence-corrected chi connectivity index (χ4v) is 4.49. The molecule has 8 heteroatoms. The minimum Gasteiger partial charge on any atom is -0.497 e. The molecule has 2 fully saturated rings. The summed E-state index contributed by atoms with van der Waals surface area (Å²) in [6.07, 6.45) is 0.304. The molecular formula is C22H17N5O3. The lowest BCUT2D eigenvalue weighted by Gasteiger charge is -2.48. The normalized spacial score (nSPS) is 31.0. The monoisotopic (exact) mass is 399 g/mol. The van der Waals surface area contributed by atoms with Gasteiger partial charge in [-0.2, -0.15) is 15.8 Å². The number of fused-ring (bicyclic) bond motifs is 2. The molecule has 0 aliphatic carbocycles. The maximum absolute atomic E-state index is 10.2. The van der Waals surface area contributed by atoms with Gasteiger partial charge in [-0.3, -0.25) is 10.4 Å². The zero-order chi connectivity index (χ0) is 21.6. The molecular weight excluding hydrogens is 382 g/mol. The third-order valence-corrected chi connectivity index (χ3v) is 6.12. The summed E-state index contributed by atoms with van der Waals surface area (Å²) in [5, 5.41) is 39.1. The molecule has 8 nitrogen and oxygen atoms in total. The van der Waals surface area contributed by atoms with Gasteiger partial charge in [0.2, 0.25) is 17.1 Å². The van der Waals surface area contributed by atoms with Crippen molar-refractivity contribution in [3.63, 3.8) is 0 Å². The Morgan fingerprint density at radius 1 is 1.07 bits per heavy atom. The molecule has 0 amide bonds. The number of methoxy groups -OCH3 is 1. The van der Waals surface area contributed by atoms with E-state index in [-0.39, 0.29) is 0 Å². The average molecular weight is 399 g/mol. The van der Waals surface area contributed by atoms with E-state index in [1.54, 1.807) is 56.5 Å². The minimum absolute atomic E-state index is 0.309. The van der Waals surface area contributed by atoms with Gasteiger partial charge in [-0.1, -0.05) is 13.0 Å². The Morgan fingerprint density at radius 3 is 2.30 bits per heavy atom. The second kappa shape index (κ2) is 6.56. The molecule has 2 bridgehead atoms. The Bertz CT molecular complexity index is 1110. The molecule has 2 aromatic rings. The van der Waals surface area contributed by atoms with E-state index < -0.39 is 34.5 Å². The summed E-state index contributed by atoms with van der Waals surface area (Å²) in [6, 6.07) is 18.0. The maximum Gasteiger partial charge on any atom is 0.244 e. The second-order valence-electron chi connectivity index (χ2n) is 7.25. The molecule has 4 unspecified atom stereocenters. The Hall–Kier alpha value is -3.93. The van der Waals surface area contributed by atoms with Gasteiger partial charge >= 0.3 is 0 Å². The summed E-state index contributed by atoms with van der Waals surface area (Å²) in [7, 11) is 1.54. The molecule has 1 aromatic heterocycles. The van der Waals surface area contributed by atoms with Crippen LogP contribution in [0.1, 0.15) is 24.3 Å². The third-order valence-electron chi connectivity index (χ3n) is 6.12. The van der Waals surface area contributed by atoms with Crippen LogP contribution in [0, 0.1) is 56.2 Å². The number of hydrogen-bond donors (Lipinski definition) is 1. The largest absolute Gasteiger partial charge is 0.497 e. The van der Waals surface area contributed by atoms with E-state index in [0.29, 0.717) is 17.0 Å². The summed E-state index contributed by atoms with van der Waals surface area (Å²) in [6.45, 7) is 1.66. The first-order valence-corrected chi connectivity index (χ1v) is 9.21. The second-order valence-corrected chi connectivity index (χ2v) is 7.25. The summed E-state index contributed by atoms with van der Waals surface area (Å²) in [4.78, 5) is 4.28. The van der Waals surface area contributed by atoms with Gasteiger partial charge in [0.15, 0.2) is 5.41 Å². The quantitative estimate of drug-likeness (QED) is 0.837. The van der Waals surface area contributed by atoms with Gasteiger partial charge in [-0.15, -0.1) is 0 Å². The lowest BCUT2D eigenvalue weighted by molar-refractivity contribution is -0.289. The van der Waals surface area contributed by atoms with E-state index in [1.165, 1.54) is 6.20 Å². The fraction of sp³-hybridized carbons (Fsp3) is 0.318. The topological polar surface area (TPSA) is 136 Å². The van der Waals surface area contributed by atoms with Gasteiger partial charge in [0, 0.05) is 11.8 Å². The van der Waals surface area contributed by atoms with E-state index in [1.807, 2.05) is 12.1 Å². The molecule has 3 heterocycles. The zero-order valence-corrected chi connectivity index (χ0v) is 16.3. The number of aromatic nitrogens is 1. The molecule has 148 valence electrons. The highest BCUT2D eigenvalue weighted by Crippen LogP contribution is 2.68. The van der Waals surface area contributed by atoms with Crippen molar-refractivity contribution in [2.75, 3.05) is 7.11 Å². The third kappa shape index (κ3) is 2.10. The Kier molecular flexibility index (Phi) is 4.24. The van der Waals surface area contributed by atoms with Crippen LogP contribution in [0.4, 0.5) is 0 Å². The first-order chi connectivity index (χ1) is 14.5. The number of nitrogens with one attached hydrogen (secondary N) is 1. The predicted octanol–water partition coefficient (Wildman–Crippen LogP) is 3.20. The highest BCUT2D eigenvalue weighted by molar-refractivity contribution is 5.89. The SMILES string of the molecule is COc1ccc(C23OC(=N)C(C#N)(C2C)C(C#N)(C#N)C(c2ccccn2)O3)cc1. The van der Waals surface area contributed by atoms with E-state index in [2.05, 4.69) is 11.1 Å². The molecule has 1 aromatic carbocycles. The van der Waals surface area contributed by atoms with E-state index in [4.69, 9.17) is 19.6 Å². The smallest absolute Gasteiger partial charge is 0.244 e. The molecule has 0 radical (unpaired) electrons. The van der Waals surface area contributed by atoms with Crippen molar-refractivity contribution in [2.24, 2.45) is 16.7 Å². The van der Waals surface area contributed by atoms with E-state index >= 15 is 0 Å². The molecule has 4 rings (SSSR count). The number of pyridine rings is 1. The standard InChI is InChI=1S/C22H17N5O3/c1-14-21(13-25)19(26)30-22(14,15-6-8-16(28-2)9-7-15)29-18(20(21,11-23)12-24)17-5-3-4-10-27-17/h3-10,14,18,26H,1-2H3. The van der Waals surface area contributed by atoms with Crippen LogP contribution >= 0.6 is 0 Å². The lowest BCUT2D eigenvalue weighted by Crippen LogP contribution is -2.57. The number of ether oxygens (including phenoxy) is 3. The first kappa shape index (κ1) is 19.4. The van der Waals surface area contributed by atoms with Crippen molar-refractivity contribution < 1.29 is 14.2 Å². The van der Waals surface area contributed by atoms with Crippen LogP contribution in [0.15, 0.2) is 48.7 Å². The van der Waals surface area contributed by atoms with Crippen LogP contribution in [0.3, 0.4) is 0 Å². The summed E-state index contributed by atoms with van der Waals surface area (Å²) >= 11 is 0. The molecule has 2 saturated heterocycles. The Balaban J connectivity index is 2.01. The van der Waals surface area contributed by atoms with Crippen molar-refractivity contribution in [3.8, 4) is 24.0 Å². The van der Waals surface area contributed by atoms with Gasteiger partial charge < -0.3 is 14.2 Å². The van der Waals surface area contributed by atoms with Crippen molar-refractivity contribution in [1.29, 1.82) is 21.2 Å². The summed E-state index contributed by atoms with van der Waals surface area (Å²) < 4.78 is 17.5. The molecule has 2 aliphatic heterocycles. The number of benzene rings is 1. The van der Waals surface area contributed by atoms with Crippen molar-refractivity contribution >= 4 is 5.90 Å². The maximum atomic E-state index is 10.2. The molecule has 0 spiro atoms. The van der Waals surface area contributed by atoms with E-state index in [9.17, 15) is 15.8 Å². The minimum atomic E-state index is -2.03. The van der Waals surface area contributed by atoms with Gasteiger partial charge in [-0.25, -0.2) is 0 Å². The number of rotatable bonds is 3. The van der Waals surface area contributed by atoms with Gasteiger partial charge in [0.25, 0.3) is 0 Å². The van der Waals surface area contributed by atoms with Crippen LogP contribution in [-0.4, -0.2) is 18.0 Å². The zero-order valence-electron chi connectivity index (χ0n) is 16.3. The average Bonchev–Trinajstić information content (AvgIpc) is 2.96. The Morgan fingerprint density at radius 2 is 1.77 bits per heavy atom. The molecule has 2 aliphatic rings. The van der Waals surface area contributed by atoms with Crippen molar-refractivity contribution in [3.05, 3.63) is 59.9 Å². The van der Waals surface area contributed by atoms with Gasteiger partial charge in [-0.05, 0) is 36.4 Å². The number of nitrogens with zero attached hydrogens (tertiary/aromatic N) is 4. The molecule has 0 saturated carbocycles. The summed E-state index contributed by atoms with van der Waals surface area (Å²) in [5.41, 5.74) is -3.03. The number of hydrogen-bond acceptors (Lipinski definition) is 8. The summed E-state index contributed by atoms with van der Waals surface area (Å²) in [5.74, 6) is -2.22. The van der Waals surface area contributed by atoms with E-state index in [0.717, 1.165) is 0 Å². The highest BCUT2D eigenvalue weighted by Gasteiger charge is 2.80. The fourth-order valence-electron chi connectivity index (χ4n) is 4.49. The molecule has 1 N–H and O–H groups in total. The van der Waals surface area contributed by atoms with Crippen LogP contribution < -0.4 is 4.74 Å². The van der Waals surface area contributed by atoms with Crippen LogP contribution in [0.25, 0.3) is 0 Å². The Labute approximate surface area is 173 Å². The predicted molar refractivity (Wildman–Crippen MR) is 102 cm³/mol. The molecule has 4 atom stereocenters. The highest BCUT2D eigenvalue weighted by atomic mass is 16.7. The van der Waals surface area contributed by atoms with Gasteiger partial charge in [0.1, 0.15) is 11.9 Å². The lowest BCUT2D eigenvalue weighted by atomic mass is 9.54. The van der Waals surface area contributed by atoms with Crippen molar-refractivity contribution in [2.45, 2.75) is 18.8 Å². The number of nitriles is 3. The van der Waals surface area contributed by atoms with Gasteiger partial charge in [0.05, 0.1) is 36.9 Å². The van der Waals surface area contributed by atoms with Crippen LogP contribution in [0.2, 0.25) is 0 Å². The first-order valence-electron chi connectivity index (χ1n) is 9.21. The molecule has 30 heavy (non-hydrogen) atoms.